The molecule has 1 heterocycles. The second kappa shape index (κ2) is 8.11. The molecule has 35 heavy (non-hydrogen) atoms. The van der Waals surface area contributed by atoms with E-state index >= 15 is 0 Å². The molecular formula is C26H32O9. The maximum Gasteiger partial charge on any atom is 0.315 e. The van der Waals surface area contributed by atoms with Crippen molar-refractivity contribution in [1.29, 1.82) is 0 Å². The van der Waals surface area contributed by atoms with Crippen molar-refractivity contribution in [2.75, 3.05) is 14.2 Å². The van der Waals surface area contributed by atoms with Gasteiger partial charge in [-0.25, -0.2) is 0 Å². The number of carbonyl (C=O) groups excluding carboxylic acids is 5. The second-order valence-corrected chi connectivity index (χ2v) is 10.6. The van der Waals surface area contributed by atoms with E-state index in [9.17, 15) is 24.0 Å². The smallest absolute Gasteiger partial charge is 0.315 e. The van der Waals surface area contributed by atoms with E-state index in [-0.39, 0.29) is 24.4 Å². The zero-order chi connectivity index (χ0) is 26.1. The molecule has 0 unspecified atom stereocenters. The Morgan fingerprint density at radius 1 is 1.09 bits per heavy atom. The molecule has 2 fully saturated rings. The molecule has 0 aromatic heterocycles. The fourth-order valence-electron chi connectivity index (χ4n) is 7.55. The van der Waals surface area contributed by atoms with Gasteiger partial charge in [0.25, 0.3) is 0 Å². The molecule has 4 aliphatic rings. The van der Waals surface area contributed by atoms with Crippen LogP contribution in [0.5, 0.6) is 0 Å². The van der Waals surface area contributed by atoms with Crippen molar-refractivity contribution in [1.82, 2.24) is 0 Å². The largest absolute Gasteiger partial charge is 0.469 e. The maximum absolute atomic E-state index is 13.8. The summed E-state index contributed by atoms with van der Waals surface area (Å²) in [4.78, 5) is 64.7. The van der Waals surface area contributed by atoms with Crippen LogP contribution in [0.3, 0.4) is 0 Å². The van der Waals surface area contributed by atoms with E-state index in [4.69, 9.17) is 18.9 Å². The van der Waals surface area contributed by atoms with Crippen molar-refractivity contribution < 1.29 is 42.9 Å². The van der Waals surface area contributed by atoms with Gasteiger partial charge in [0.15, 0.2) is 11.6 Å². The van der Waals surface area contributed by atoms with E-state index in [1.165, 1.54) is 33.3 Å². The lowest BCUT2D eigenvalue weighted by Gasteiger charge is -2.62. The first-order valence-corrected chi connectivity index (χ1v) is 11.7. The van der Waals surface area contributed by atoms with Gasteiger partial charge in [-0.1, -0.05) is 19.9 Å². The minimum absolute atomic E-state index is 0.0629. The molecule has 0 radical (unpaired) electrons. The van der Waals surface area contributed by atoms with E-state index in [0.29, 0.717) is 5.57 Å². The number of ketones is 2. The van der Waals surface area contributed by atoms with E-state index < -0.39 is 64.3 Å². The van der Waals surface area contributed by atoms with Gasteiger partial charge in [0, 0.05) is 30.1 Å². The number of hydrogen-bond donors (Lipinski definition) is 0. The minimum Gasteiger partial charge on any atom is -0.469 e. The van der Waals surface area contributed by atoms with Crippen molar-refractivity contribution >= 4 is 29.5 Å². The Bertz CT molecular complexity index is 1090. The first kappa shape index (κ1) is 25.3. The third-order valence-corrected chi connectivity index (χ3v) is 9.00. The summed E-state index contributed by atoms with van der Waals surface area (Å²) in [6, 6.07) is 0. The summed E-state index contributed by atoms with van der Waals surface area (Å²) in [7, 11) is 2.52. The lowest BCUT2D eigenvalue weighted by molar-refractivity contribution is -0.226. The summed E-state index contributed by atoms with van der Waals surface area (Å²) in [5, 5.41) is 0. The molecule has 0 spiro atoms. The lowest BCUT2D eigenvalue weighted by Crippen LogP contribution is -2.70. The van der Waals surface area contributed by atoms with Crippen LogP contribution >= 0.6 is 0 Å². The van der Waals surface area contributed by atoms with Gasteiger partial charge < -0.3 is 18.9 Å². The molecule has 0 amide bonds. The van der Waals surface area contributed by atoms with Crippen LogP contribution in [0.2, 0.25) is 0 Å². The van der Waals surface area contributed by atoms with Crippen molar-refractivity contribution in [2.24, 2.45) is 28.1 Å². The lowest BCUT2D eigenvalue weighted by atomic mass is 9.41. The quantitative estimate of drug-likeness (QED) is 0.432. The number of esters is 3. The first-order chi connectivity index (χ1) is 16.3. The Labute approximate surface area is 204 Å². The molecule has 4 rings (SSSR count). The van der Waals surface area contributed by atoms with E-state index in [2.05, 4.69) is 0 Å². The predicted octanol–water partition coefficient (Wildman–Crippen LogP) is 2.11. The molecular weight excluding hydrogens is 456 g/mol. The maximum atomic E-state index is 13.8. The topological polar surface area (TPSA) is 122 Å². The predicted molar refractivity (Wildman–Crippen MR) is 121 cm³/mol. The zero-order valence-electron chi connectivity index (χ0n) is 21.1. The van der Waals surface area contributed by atoms with E-state index in [1.54, 1.807) is 20.8 Å². The van der Waals surface area contributed by atoms with Gasteiger partial charge in [-0.3, -0.25) is 24.0 Å². The molecule has 0 N–H and O–H groups in total. The van der Waals surface area contributed by atoms with Gasteiger partial charge in [0.05, 0.1) is 32.2 Å². The van der Waals surface area contributed by atoms with Gasteiger partial charge in [-0.15, -0.1) is 0 Å². The van der Waals surface area contributed by atoms with E-state index in [1.807, 2.05) is 6.92 Å². The average Bonchev–Trinajstić information content (AvgIpc) is 3.25. The van der Waals surface area contributed by atoms with Crippen LogP contribution < -0.4 is 0 Å². The van der Waals surface area contributed by atoms with Crippen molar-refractivity contribution in [3.05, 3.63) is 23.3 Å². The summed E-state index contributed by atoms with van der Waals surface area (Å²) in [5.74, 6) is -3.71. The number of methoxy groups -OCH3 is 2. The fourth-order valence-corrected chi connectivity index (χ4v) is 7.55. The Morgan fingerprint density at radius 3 is 2.31 bits per heavy atom. The number of hydrogen-bond acceptors (Lipinski definition) is 9. The summed E-state index contributed by atoms with van der Waals surface area (Å²) < 4.78 is 22.4. The van der Waals surface area contributed by atoms with Gasteiger partial charge in [-0.2, -0.15) is 0 Å². The molecule has 1 saturated heterocycles. The SMILES string of the molecule is COC(=O)C[C@H]1[C@]2(C)C3=C(C)C(=O)C[C@H]3O[C@@H]2[C@H](OC(C)=O)[C@@H]2[C@]1(C)C(=O)C=C[C@@]2(C)C(=O)OC. The summed E-state index contributed by atoms with van der Waals surface area (Å²) in [6.07, 6.45) is 0.438. The highest BCUT2D eigenvalue weighted by Crippen LogP contribution is 2.69. The number of fused-ring (bicyclic) bond motifs is 4. The second-order valence-electron chi connectivity index (χ2n) is 10.6. The summed E-state index contributed by atoms with van der Waals surface area (Å²) in [5.41, 5.74) is -2.46. The van der Waals surface area contributed by atoms with Crippen LogP contribution in [0, 0.1) is 28.1 Å². The van der Waals surface area contributed by atoms with Crippen molar-refractivity contribution in [3.63, 3.8) is 0 Å². The van der Waals surface area contributed by atoms with Crippen LogP contribution in [-0.2, 0) is 42.9 Å². The van der Waals surface area contributed by atoms with Crippen molar-refractivity contribution in [3.8, 4) is 0 Å². The molecule has 1 aliphatic heterocycles. The standard InChI is InChI=1S/C26H32O9/c1-12-14(28)10-15-19(12)26(5)16(11-18(30)32-6)25(4)17(29)8-9-24(3,23(31)33-7)21(25)20(22(26)35-15)34-13(2)27/h8-9,15-16,20-22H,10-11H2,1-7H3/t15-,16-,20-,21+,22-,24-,25+,26-/m1/s1. The van der Waals surface area contributed by atoms with Gasteiger partial charge in [0.2, 0.25) is 0 Å². The molecule has 1 saturated carbocycles. The summed E-state index contributed by atoms with van der Waals surface area (Å²) >= 11 is 0. The van der Waals surface area contributed by atoms with Crippen LogP contribution in [0.25, 0.3) is 0 Å². The number of Topliss-reactive ketones (excluding diaryl/α,β-unsaturated/α-hetero) is 1. The van der Waals surface area contributed by atoms with Gasteiger partial charge in [0.1, 0.15) is 12.2 Å². The molecule has 0 bridgehead atoms. The van der Waals surface area contributed by atoms with E-state index in [0.717, 1.165) is 5.57 Å². The molecule has 0 aromatic rings. The number of carbonyl (C=O) groups is 5. The molecule has 3 aliphatic carbocycles. The first-order valence-electron chi connectivity index (χ1n) is 11.7. The molecule has 0 aromatic carbocycles. The highest BCUT2D eigenvalue weighted by molar-refractivity contribution is 6.01. The van der Waals surface area contributed by atoms with Gasteiger partial charge >= 0.3 is 17.9 Å². The Kier molecular flexibility index (Phi) is 5.86. The highest BCUT2D eigenvalue weighted by atomic mass is 16.6. The summed E-state index contributed by atoms with van der Waals surface area (Å²) in [6.45, 7) is 8.19. The molecule has 9 nitrogen and oxygen atoms in total. The minimum atomic E-state index is -1.35. The van der Waals surface area contributed by atoms with Crippen LogP contribution in [-0.4, -0.2) is 62.0 Å². The highest BCUT2D eigenvalue weighted by Gasteiger charge is 2.75. The molecule has 9 heteroatoms. The third kappa shape index (κ3) is 3.20. The number of allylic oxidation sites excluding steroid dienone is 2. The molecule has 190 valence electrons. The fraction of sp³-hybridized carbons (Fsp3) is 0.654. The number of ether oxygens (including phenoxy) is 4. The Balaban J connectivity index is 2.05. The Hall–Kier alpha value is -2.81. The van der Waals surface area contributed by atoms with Crippen molar-refractivity contribution in [2.45, 2.75) is 65.8 Å². The normalized spacial score (nSPS) is 41.7. The van der Waals surface area contributed by atoms with Crippen LogP contribution in [0.15, 0.2) is 23.3 Å². The van der Waals surface area contributed by atoms with Gasteiger partial charge in [-0.05, 0) is 37.0 Å². The van der Waals surface area contributed by atoms with Crippen LogP contribution in [0.4, 0.5) is 0 Å². The number of rotatable bonds is 4. The third-order valence-electron chi connectivity index (χ3n) is 9.00. The monoisotopic (exact) mass is 488 g/mol. The van der Waals surface area contributed by atoms with Crippen LogP contribution in [0.1, 0.15) is 47.5 Å². The zero-order valence-corrected chi connectivity index (χ0v) is 21.1. The molecule has 8 atom stereocenters. The average molecular weight is 489 g/mol. The Morgan fingerprint density at radius 2 is 1.74 bits per heavy atom.